The molecule has 2 aromatic rings. The number of nitro groups is 1. The Morgan fingerprint density at radius 3 is 2.50 bits per heavy atom. The molecule has 0 aliphatic heterocycles. The van der Waals surface area contributed by atoms with Crippen molar-refractivity contribution in [2.45, 2.75) is 5.88 Å². The highest BCUT2D eigenvalue weighted by atomic mass is 35.5. The number of halogens is 3. The molecule has 0 amide bonds. The van der Waals surface area contributed by atoms with Gasteiger partial charge in [0.25, 0.3) is 5.69 Å². The molecule has 7 heteroatoms. The molecule has 0 aliphatic rings. The van der Waals surface area contributed by atoms with Gasteiger partial charge in [0.2, 0.25) is 0 Å². The Balaban J connectivity index is 2.32. The van der Waals surface area contributed by atoms with E-state index < -0.39 is 16.6 Å². The Morgan fingerprint density at radius 1 is 1.15 bits per heavy atom. The first-order valence-electron chi connectivity index (χ1n) is 5.47. The Labute approximate surface area is 117 Å². The summed E-state index contributed by atoms with van der Waals surface area (Å²) in [6.45, 7) is 0. The number of ether oxygens (including phenoxy) is 1. The van der Waals surface area contributed by atoms with Crippen LogP contribution in [0.4, 0.5) is 14.5 Å². The summed E-state index contributed by atoms with van der Waals surface area (Å²) in [4.78, 5) is 10.1. The smallest absolute Gasteiger partial charge is 0.270 e. The molecule has 0 bridgehead atoms. The minimum Gasteiger partial charge on any atom is -0.457 e. The second kappa shape index (κ2) is 5.83. The summed E-state index contributed by atoms with van der Waals surface area (Å²) in [5.41, 5.74) is 0.254. The number of hydrogen-bond donors (Lipinski definition) is 0. The van der Waals surface area contributed by atoms with E-state index in [9.17, 15) is 18.9 Å². The quantitative estimate of drug-likeness (QED) is 0.477. The van der Waals surface area contributed by atoms with Gasteiger partial charge in [-0.05, 0) is 18.2 Å². The van der Waals surface area contributed by atoms with Gasteiger partial charge in [-0.2, -0.15) is 0 Å². The summed E-state index contributed by atoms with van der Waals surface area (Å²) in [6, 6.07) is 6.92. The molecule has 0 N–H and O–H groups in total. The zero-order valence-electron chi connectivity index (χ0n) is 9.98. The fraction of sp³-hybridized carbons (Fsp3) is 0.0769. The molecule has 104 valence electrons. The van der Waals surface area contributed by atoms with E-state index in [1.54, 1.807) is 0 Å². The lowest BCUT2D eigenvalue weighted by Gasteiger charge is -2.09. The fourth-order valence-corrected chi connectivity index (χ4v) is 1.76. The van der Waals surface area contributed by atoms with Gasteiger partial charge in [0.1, 0.15) is 11.5 Å². The number of hydrogen-bond acceptors (Lipinski definition) is 3. The Kier molecular flexibility index (Phi) is 4.14. The standard InChI is InChI=1S/C13H8ClF2NO3/c14-7-8-5-9(17(18)19)1-4-13(8)20-10-2-3-11(15)12(16)6-10/h1-6H,7H2. The zero-order chi connectivity index (χ0) is 14.7. The average Bonchev–Trinajstić information content (AvgIpc) is 2.43. The monoisotopic (exact) mass is 299 g/mol. The van der Waals surface area contributed by atoms with E-state index in [4.69, 9.17) is 16.3 Å². The average molecular weight is 300 g/mol. The van der Waals surface area contributed by atoms with Crippen LogP contribution in [0.25, 0.3) is 0 Å². The van der Waals surface area contributed by atoms with E-state index in [1.165, 1.54) is 24.3 Å². The predicted octanol–water partition coefficient (Wildman–Crippen LogP) is 4.40. The van der Waals surface area contributed by atoms with Gasteiger partial charge in [-0.25, -0.2) is 8.78 Å². The summed E-state index contributed by atoms with van der Waals surface area (Å²) in [7, 11) is 0. The van der Waals surface area contributed by atoms with Crippen molar-refractivity contribution in [3.63, 3.8) is 0 Å². The number of benzene rings is 2. The first-order chi connectivity index (χ1) is 9.51. The molecule has 0 fully saturated rings. The van der Waals surface area contributed by atoms with E-state index in [0.717, 1.165) is 12.1 Å². The third-order valence-corrected chi connectivity index (χ3v) is 2.81. The Bertz CT molecular complexity index is 664. The Morgan fingerprint density at radius 2 is 1.90 bits per heavy atom. The molecule has 4 nitrogen and oxygen atoms in total. The summed E-state index contributed by atoms with van der Waals surface area (Å²) in [5, 5.41) is 10.7. The van der Waals surface area contributed by atoms with Gasteiger partial charge in [0.15, 0.2) is 11.6 Å². The second-order valence-corrected chi connectivity index (χ2v) is 4.13. The highest BCUT2D eigenvalue weighted by molar-refractivity contribution is 6.17. The lowest BCUT2D eigenvalue weighted by atomic mass is 10.2. The van der Waals surface area contributed by atoms with Gasteiger partial charge in [-0.1, -0.05) is 0 Å². The van der Waals surface area contributed by atoms with Crippen molar-refractivity contribution in [1.82, 2.24) is 0 Å². The third kappa shape index (κ3) is 3.03. The molecule has 0 heterocycles. The van der Waals surface area contributed by atoms with Gasteiger partial charge >= 0.3 is 0 Å². The van der Waals surface area contributed by atoms with Crippen LogP contribution in [0.15, 0.2) is 36.4 Å². The summed E-state index contributed by atoms with van der Waals surface area (Å²) < 4.78 is 31.2. The van der Waals surface area contributed by atoms with Crippen LogP contribution < -0.4 is 4.74 Å². The molecule has 0 radical (unpaired) electrons. The second-order valence-electron chi connectivity index (χ2n) is 3.86. The number of rotatable bonds is 4. The maximum Gasteiger partial charge on any atom is 0.270 e. The largest absolute Gasteiger partial charge is 0.457 e. The lowest BCUT2D eigenvalue weighted by molar-refractivity contribution is -0.384. The zero-order valence-corrected chi connectivity index (χ0v) is 10.7. The normalized spacial score (nSPS) is 10.3. The van der Waals surface area contributed by atoms with Crippen LogP contribution in [0, 0.1) is 21.7 Å². The van der Waals surface area contributed by atoms with Crippen LogP contribution in [0.1, 0.15) is 5.56 Å². The summed E-state index contributed by atoms with van der Waals surface area (Å²) >= 11 is 5.69. The van der Waals surface area contributed by atoms with Crippen molar-refractivity contribution in [2.24, 2.45) is 0 Å². The first kappa shape index (κ1) is 14.2. The molecule has 0 saturated heterocycles. The highest BCUT2D eigenvalue weighted by Gasteiger charge is 2.12. The van der Waals surface area contributed by atoms with E-state index in [-0.39, 0.29) is 23.1 Å². The summed E-state index contributed by atoms with van der Waals surface area (Å²) in [5.74, 6) is -1.73. The first-order valence-corrected chi connectivity index (χ1v) is 6.01. The van der Waals surface area contributed by atoms with Crippen LogP contribution in [-0.2, 0) is 5.88 Å². The molecule has 2 aromatic carbocycles. The van der Waals surface area contributed by atoms with Crippen molar-refractivity contribution in [3.05, 3.63) is 63.7 Å². The van der Waals surface area contributed by atoms with Gasteiger partial charge in [0, 0.05) is 23.8 Å². The third-order valence-electron chi connectivity index (χ3n) is 2.52. The molecular formula is C13H8ClF2NO3. The SMILES string of the molecule is O=[N+]([O-])c1ccc(Oc2ccc(F)c(F)c2)c(CCl)c1. The van der Waals surface area contributed by atoms with Gasteiger partial charge in [0.05, 0.1) is 10.8 Å². The van der Waals surface area contributed by atoms with E-state index in [2.05, 4.69) is 0 Å². The van der Waals surface area contributed by atoms with E-state index >= 15 is 0 Å². The van der Waals surface area contributed by atoms with Crippen molar-refractivity contribution >= 4 is 17.3 Å². The molecule has 0 unspecified atom stereocenters. The maximum atomic E-state index is 13.1. The van der Waals surface area contributed by atoms with Crippen molar-refractivity contribution in [3.8, 4) is 11.5 Å². The molecule has 0 spiro atoms. The van der Waals surface area contributed by atoms with Crippen LogP contribution >= 0.6 is 11.6 Å². The minimum atomic E-state index is -1.04. The summed E-state index contributed by atoms with van der Waals surface area (Å²) in [6.07, 6.45) is 0. The molecular weight excluding hydrogens is 292 g/mol. The van der Waals surface area contributed by atoms with Crippen molar-refractivity contribution in [1.29, 1.82) is 0 Å². The highest BCUT2D eigenvalue weighted by Crippen LogP contribution is 2.30. The molecule has 20 heavy (non-hydrogen) atoms. The van der Waals surface area contributed by atoms with Gasteiger partial charge < -0.3 is 4.74 Å². The topological polar surface area (TPSA) is 52.4 Å². The van der Waals surface area contributed by atoms with Crippen LogP contribution in [0.3, 0.4) is 0 Å². The number of nitro benzene ring substituents is 1. The van der Waals surface area contributed by atoms with Crippen LogP contribution in [0.5, 0.6) is 11.5 Å². The fourth-order valence-electron chi connectivity index (χ4n) is 1.55. The van der Waals surface area contributed by atoms with Crippen molar-refractivity contribution < 1.29 is 18.4 Å². The number of nitrogens with zero attached hydrogens (tertiary/aromatic N) is 1. The van der Waals surface area contributed by atoms with Crippen LogP contribution in [-0.4, -0.2) is 4.92 Å². The minimum absolute atomic E-state index is 0.0132. The molecule has 0 atom stereocenters. The molecule has 0 aliphatic carbocycles. The van der Waals surface area contributed by atoms with Crippen LogP contribution in [0.2, 0.25) is 0 Å². The maximum absolute atomic E-state index is 13.1. The van der Waals surface area contributed by atoms with Crippen molar-refractivity contribution in [2.75, 3.05) is 0 Å². The van der Waals surface area contributed by atoms with Gasteiger partial charge in [-0.15, -0.1) is 11.6 Å². The van der Waals surface area contributed by atoms with E-state index in [1.807, 2.05) is 0 Å². The lowest BCUT2D eigenvalue weighted by Crippen LogP contribution is -1.94. The Hall–Kier alpha value is -2.21. The molecule has 0 aromatic heterocycles. The van der Waals surface area contributed by atoms with E-state index in [0.29, 0.717) is 5.56 Å². The number of alkyl halides is 1. The number of non-ortho nitro benzene ring substituents is 1. The molecule has 0 saturated carbocycles. The predicted molar refractivity (Wildman–Crippen MR) is 69.1 cm³/mol. The van der Waals surface area contributed by atoms with Gasteiger partial charge in [-0.3, -0.25) is 10.1 Å². The molecule has 2 rings (SSSR count).